The molecule has 22 heavy (non-hydrogen) atoms. The first-order valence-electron chi connectivity index (χ1n) is 8.98. The van der Waals surface area contributed by atoms with Crippen molar-refractivity contribution in [3.63, 3.8) is 0 Å². The van der Waals surface area contributed by atoms with E-state index in [2.05, 4.69) is 10.6 Å². The molecular weight excluding hydrogens is 300 g/mol. The first-order valence-corrected chi connectivity index (χ1v) is 8.98. The quantitative estimate of drug-likeness (QED) is 0.697. The van der Waals surface area contributed by atoms with E-state index < -0.39 is 0 Å². The summed E-state index contributed by atoms with van der Waals surface area (Å²) in [6.45, 7) is 4.18. The predicted octanol–water partition coefficient (Wildman–Crippen LogP) is 2.10. The van der Waals surface area contributed by atoms with Crippen LogP contribution in [0.2, 0.25) is 0 Å². The van der Waals surface area contributed by atoms with Gasteiger partial charge in [-0.05, 0) is 43.4 Å². The number of rotatable bonds is 6. The second-order valence-corrected chi connectivity index (χ2v) is 7.40. The van der Waals surface area contributed by atoms with E-state index in [0.717, 1.165) is 38.6 Å². The molecule has 1 heterocycles. The van der Waals surface area contributed by atoms with E-state index in [-0.39, 0.29) is 12.4 Å². The van der Waals surface area contributed by atoms with Gasteiger partial charge in [0.1, 0.15) is 0 Å². The molecule has 3 fully saturated rings. The molecule has 5 heteroatoms. The minimum absolute atomic E-state index is 0. The molecule has 0 radical (unpaired) electrons. The van der Waals surface area contributed by atoms with E-state index in [0.29, 0.717) is 24.1 Å². The molecule has 0 bridgehead atoms. The number of nitrogens with one attached hydrogen (secondary N) is 2. The van der Waals surface area contributed by atoms with Gasteiger partial charge in [-0.15, -0.1) is 12.4 Å². The molecule has 2 saturated carbocycles. The average Bonchev–Trinajstić information content (AvgIpc) is 3.16. The van der Waals surface area contributed by atoms with Crippen molar-refractivity contribution in [1.29, 1.82) is 0 Å². The van der Waals surface area contributed by atoms with Gasteiger partial charge in [-0.1, -0.05) is 19.3 Å². The number of morpholine rings is 1. The molecule has 3 N–H and O–H groups in total. The molecule has 0 aromatic rings. The standard InChI is InChI=1S/C17H32N2O2.ClH/c20-10-8-17(6-1-2-7-17)13-19-15-5-3-4-14(15)16-12-21-11-9-18-16;/h14-16,18-20H,1-13H2;1H. The summed E-state index contributed by atoms with van der Waals surface area (Å²) in [6.07, 6.45) is 10.2. The fourth-order valence-corrected chi connectivity index (χ4v) is 4.81. The molecule has 3 atom stereocenters. The molecule has 1 saturated heterocycles. The number of aliphatic hydroxyl groups excluding tert-OH is 1. The number of hydrogen-bond donors (Lipinski definition) is 3. The molecule has 0 aromatic heterocycles. The highest BCUT2D eigenvalue weighted by Crippen LogP contribution is 2.41. The lowest BCUT2D eigenvalue weighted by atomic mass is 9.82. The third-order valence-electron chi connectivity index (χ3n) is 6.08. The molecule has 3 unspecified atom stereocenters. The van der Waals surface area contributed by atoms with Crippen LogP contribution in [0.1, 0.15) is 51.4 Å². The van der Waals surface area contributed by atoms with Crippen LogP contribution in [0.4, 0.5) is 0 Å². The van der Waals surface area contributed by atoms with Crippen LogP contribution in [0.15, 0.2) is 0 Å². The lowest BCUT2D eigenvalue weighted by Gasteiger charge is -2.36. The second kappa shape index (κ2) is 8.84. The van der Waals surface area contributed by atoms with Crippen molar-refractivity contribution in [3.8, 4) is 0 Å². The summed E-state index contributed by atoms with van der Waals surface area (Å²) in [5, 5.41) is 16.9. The Morgan fingerprint density at radius 3 is 2.68 bits per heavy atom. The van der Waals surface area contributed by atoms with Crippen LogP contribution in [0, 0.1) is 11.3 Å². The largest absolute Gasteiger partial charge is 0.396 e. The van der Waals surface area contributed by atoms with Gasteiger partial charge in [-0.3, -0.25) is 0 Å². The summed E-state index contributed by atoms with van der Waals surface area (Å²) in [7, 11) is 0. The van der Waals surface area contributed by atoms with Gasteiger partial charge in [0, 0.05) is 31.8 Å². The van der Waals surface area contributed by atoms with Gasteiger partial charge in [-0.25, -0.2) is 0 Å². The van der Waals surface area contributed by atoms with Crippen LogP contribution in [-0.4, -0.2) is 50.1 Å². The minimum atomic E-state index is 0. The van der Waals surface area contributed by atoms with Crippen molar-refractivity contribution >= 4 is 12.4 Å². The number of ether oxygens (including phenoxy) is 1. The van der Waals surface area contributed by atoms with Gasteiger partial charge < -0.3 is 20.5 Å². The van der Waals surface area contributed by atoms with Crippen LogP contribution in [-0.2, 0) is 4.74 Å². The summed E-state index contributed by atoms with van der Waals surface area (Å²) in [6, 6.07) is 1.18. The summed E-state index contributed by atoms with van der Waals surface area (Å²) < 4.78 is 5.66. The predicted molar refractivity (Wildman–Crippen MR) is 91.6 cm³/mol. The normalized spacial score (nSPS) is 34.5. The Hall–Kier alpha value is 0.130. The third-order valence-corrected chi connectivity index (χ3v) is 6.08. The van der Waals surface area contributed by atoms with Crippen LogP contribution >= 0.6 is 12.4 Å². The summed E-state index contributed by atoms with van der Waals surface area (Å²) >= 11 is 0. The summed E-state index contributed by atoms with van der Waals surface area (Å²) in [5.41, 5.74) is 0.373. The fraction of sp³-hybridized carbons (Fsp3) is 1.00. The van der Waals surface area contributed by atoms with Crippen LogP contribution < -0.4 is 10.6 Å². The maximum Gasteiger partial charge on any atom is 0.0623 e. The Morgan fingerprint density at radius 2 is 2.00 bits per heavy atom. The molecular formula is C17H33ClN2O2. The molecule has 0 aromatic carbocycles. The molecule has 3 aliphatic rings. The Morgan fingerprint density at radius 1 is 1.18 bits per heavy atom. The first-order chi connectivity index (χ1) is 10.3. The van der Waals surface area contributed by atoms with Crippen molar-refractivity contribution in [2.24, 2.45) is 11.3 Å². The monoisotopic (exact) mass is 332 g/mol. The number of aliphatic hydroxyl groups is 1. The maximum atomic E-state index is 9.39. The van der Waals surface area contributed by atoms with Crippen LogP contribution in [0.25, 0.3) is 0 Å². The van der Waals surface area contributed by atoms with Crippen molar-refractivity contribution in [2.75, 3.05) is 32.9 Å². The molecule has 2 aliphatic carbocycles. The van der Waals surface area contributed by atoms with E-state index in [4.69, 9.17) is 4.74 Å². The van der Waals surface area contributed by atoms with Crippen molar-refractivity contribution in [3.05, 3.63) is 0 Å². The molecule has 1 aliphatic heterocycles. The Balaban J connectivity index is 0.00000176. The highest BCUT2D eigenvalue weighted by molar-refractivity contribution is 5.85. The van der Waals surface area contributed by atoms with Gasteiger partial charge in [-0.2, -0.15) is 0 Å². The highest BCUT2D eigenvalue weighted by Gasteiger charge is 2.38. The molecule has 130 valence electrons. The van der Waals surface area contributed by atoms with Gasteiger partial charge in [0.25, 0.3) is 0 Å². The lowest BCUT2D eigenvalue weighted by molar-refractivity contribution is 0.0512. The lowest BCUT2D eigenvalue weighted by Crippen LogP contribution is -2.52. The SMILES string of the molecule is Cl.OCCC1(CNC2CCCC2C2COCCN2)CCCC1. The van der Waals surface area contributed by atoms with Gasteiger partial charge in [0.15, 0.2) is 0 Å². The average molecular weight is 333 g/mol. The van der Waals surface area contributed by atoms with E-state index in [1.165, 1.54) is 44.9 Å². The summed E-state index contributed by atoms with van der Waals surface area (Å²) in [5.74, 6) is 0.720. The van der Waals surface area contributed by atoms with Crippen molar-refractivity contribution < 1.29 is 9.84 Å². The molecule has 0 spiro atoms. The molecule has 3 rings (SSSR count). The second-order valence-electron chi connectivity index (χ2n) is 7.40. The zero-order valence-electron chi connectivity index (χ0n) is 13.7. The molecule has 0 amide bonds. The smallest absolute Gasteiger partial charge is 0.0623 e. The maximum absolute atomic E-state index is 9.39. The zero-order valence-corrected chi connectivity index (χ0v) is 14.5. The third kappa shape index (κ3) is 4.35. The zero-order chi connectivity index (χ0) is 14.5. The van der Waals surface area contributed by atoms with Crippen LogP contribution in [0.3, 0.4) is 0 Å². The topological polar surface area (TPSA) is 53.5 Å². The first kappa shape index (κ1) is 18.5. The summed E-state index contributed by atoms with van der Waals surface area (Å²) in [4.78, 5) is 0. The number of halogens is 1. The van der Waals surface area contributed by atoms with Gasteiger partial charge in [0.2, 0.25) is 0 Å². The Kier molecular flexibility index (Phi) is 7.42. The van der Waals surface area contributed by atoms with Gasteiger partial charge >= 0.3 is 0 Å². The van der Waals surface area contributed by atoms with Crippen molar-refractivity contribution in [1.82, 2.24) is 10.6 Å². The minimum Gasteiger partial charge on any atom is -0.396 e. The Bertz CT molecular complexity index is 318. The van der Waals surface area contributed by atoms with Gasteiger partial charge in [0.05, 0.1) is 13.2 Å². The van der Waals surface area contributed by atoms with E-state index >= 15 is 0 Å². The molecule has 4 nitrogen and oxygen atoms in total. The van der Waals surface area contributed by atoms with E-state index in [1.807, 2.05) is 0 Å². The highest BCUT2D eigenvalue weighted by atomic mass is 35.5. The van der Waals surface area contributed by atoms with Crippen LogP contribution in [0.5, 0.6) is 0 Å². The van der Waals surface area contributed by atoms with E-state index in [1.54, 1.807) is 0 Å². The fourth-order valence-electron chi connectivity index (χ4n) is 4.81. The van der Waals surface area contributed by atoms with E-state index in [9.17, 15) is 5.11 Å². The Labute approximate surface area is 141 Å². The van der Waals surface area contributed by atoms with Crippen molar-refractivity contribution in [2.45, 2.75) is 63.5 Å². The number of hydrogen-bond acceptors (Lipinski definition) is 4.